The summed E-state index contributed by atoms with van der Waals surface area (Å²) in [5, 5.41) is 10.1. The van der Waals surface area contributed by atoms with Crippen LogP contribution in [0.1, 0.15) is 58.9 Å². The standard InChI is InChI=1S/C30H25FO5/c1-3-24(32)27-23-14-19(8-11-26(23)36-28(27)18-6-9-21(31)10-7-18)22-15-20(5-4-17(22)2)25(33)16-30(12-13-30)29(34)35/h4-11,14-15H,3,12-13,16H2,1-2H3,(H,34,35). The van der Waals surface area contributed by atoms with Gasteiger partial charge in [0, 0.05) is 29.4 Å². The van der Waals surface area contributed by atoms with E-state index in [4.69, 9.17) is 4.42 Å². The second-order valence-electron chi connectivity index (χ2n) is 9.52. The lowest BCUT2D eigenvalue weighted by Crippen LogP contribution is -2.19. The van der Waals surface area contributed by atoms with Crippen molar-refractivity contribution in [2.75, 3.05) is 0 Å². The van der Waals surface area contributed by atoms with Gasteiger partial charge in [-0.1, -0.05) is 25.1 Å². The Labute approximate surface area is 207 Å². The molecule has 0 amide bonds. The van der Waals surface area contributed by atoms with Crippen molar-refractivity contribution >= 4 is 28.5 Å². The van der Waals surface area contributed by atoms with Gasteiger partial charge >= 0.3 is 5.97 Å². The van der Waals surface area contributed by atoms with Gasteiger partial charge in [-0.05, 0) is 78.9 Å². The average Bonchev–Trinajstić information content (AvgIpc) is 3.56. The molecule has 1 aliphatic carbocycles. The summed E-state index contributed by atoms with van der Waals surface area (Å²) in [6.45, 7) is 3.72. The second-order valence-corrected chi connectivity index (χ2v) is 9.52. The quantitative estimate of drug-likeness (QED) is 0.266. The molecule has 1 aliphatic rings. The van der Waals surface area contributed by atoms with Gasteiger partial charge in [-0.3, -0.25) is 14.4 Å². The SMILES string of the molecule is CCC(=O)c1c(-c2ccc(F)cc2)oc2ccc(-c3cc(C(=O)CC4(C(=O)O)CC4)ccc3C)cc12. The fraction of sp³-hybridized carbons (Fsp3) is 0.233. The molecular weight excluding hydrogens is 459 g/mol. The predicted octanol–water partition coefficient (Wildman–Crippen LogP) is 7.24. The minimum Gasteiger partial charge on any atom is -0.481 e. The highest BCUT2D eigenvalue weighted by Gasteiger charge is 2.51. The molecule has 1 heterocycles. The summed E-state index contributed by atoms with van der Waals surface area (Å²) >= 11 is 0. The van der Waals surface area contributed by atoms with Crippen LogP contribution in [0.4, 0.5) is 4.39 Å². The molecule has 182 valence electrons. The number of ketones is 2. The van der Waals surface area contributed by atoms with Gasteiger partial charge < -0.3 is 9.52 Å². The van der Waals surface area contributed by atoms with E-state index in [0.717, 1.165) is 16.7 Å². The lowest BCUT2D eigenvalue weighted by atomic mass is 9.91. The molecule has 1 N–H and O–H groups in total. The highest BCUT2D eigenvalue weighted by molar-refractivity contribution is 6.13. The van der Waals surface area contributed by atoms with Crippen LogP contribution in [0.25, 0.3) is 33.4 Å². The first-order valence-electron chi connectivity index (χ1n) is 12.0. The Morgan fingerprint density at radius 1 is 0.944 bits per heavy atom. The van der Waals surface area contributed by atoms with Gasteiger partial charge in [0.25, 0.3) is 0 Å². The molecule has 1 aromatic heterocycles. The molecule has 0 bridgehead atoms. The Kier molecular flexibility index (Phi) is 5.83. The van der Waals surface area contributed by atoms with E-state index >= 15 is 0 Å². The minimum atomic E-state index is -0.927. The molecule has 1 fully saturated rings. The van der Waals surface area contributed by atoms with E-state index in [1.165, 1.54) is 12.1 Å². The van der Waals surface area contributed by atoms with Gasteiger partial charge in [0.05, 0.1) is 11.0 Å². The molecule has 0 unspecified atom stereocenters. The Morgan fingerprint density at radius 2 is 1.64 bits per heavy atom. The van der Waals surface area contributed by atoms with Gasteiger partial charge in [0.2, 0.25) is 0 Å². The molecule has 0 spiro atoms. The van der Waals surface area contributed by atoms with Crippen molar-refractivity contribution in [3.63, 3.8) is 0 Å². The van der Waals surface area contributed by atoms with Gasteiger partial charge in [0.15, 0.2) is 11.6 Å². The fourth-order valence-corrected chi connectivity index (χ4v) is 4.66. The van der Waals surface area contributed by atoms with Crippen LogP contribution < -0.4 is 0 Å². The van der Waals surface area contributed by atoms with Crippen LogP contribution in [-0.2, 0) is 4.79 Å². The molecule has 0 aliphatic heterocycles. The van der Waals surface area contributed by atoms with Crippen molar-refractivity contribution in [1.82, 2.24) is 0 Å². The Balaban J connectivity index is 1.59. The number of aryl methyl sites for hydroxylation is 1. The zero-order valence-corrected chi connectivity index (χ0v) is 20.1. The number of Topliss-reactive ketones (excluding diaryl/α,β-unsaturated/α-hetero) is 2. The van der Waals surface area contributed by atoms with Crippen molar-refractivity contribution in [1.29, 1.82) is 0 Å². The fourth-order valence-electron chi connectivity index (χ4n) is 4.66. The van der Waals surface area contributed by atoms with E-state index in [1.54, 1.807) is 37.3 Å². The van der Waals surface area contributed by atoms with Crippen molar-refractivity contribution in [2.45, 2.75) is 39.5 Å². The number of aliphatic carboxylic acids is 1. The van der Waals surface area contributed by atoms with E-state index in [2.05, 4.69) is 0 Å². The maximum atomic E-state index is 13.5. The number of carbonyl (C=O) groups is 3. The molecule has 6 heteroatoms. The molecule has 0 saturated heterocycles. The summed E-state index contributed by atoms with van der Waals surface area (Å²) in [6.07, 6.45) is 1.31. The summed E-state index contributed by atoms with van der Waals surface area (Å²) in [6, 6.07) is 16.8. The molecule has 1 saturated carbocycles. The normalized spacial score (nSPS) is 14.1. The van der Waals surface area contributed by atoms with Crippen LogP contribution >= 0.6 is 0 Å². The maximum absolute atomic E-state index is 13.5. The molecule has 5 rings (SSSR count). The molecule has 5 nitrogen and oxygen atoms in total. The van der Waals surface area contributed by atoms with Gasteiger partial charge in [-0.25, -0.2) is 4.39 Å². The Morgan fingerprint density at radius 3 is 2.28 bits per heavy atom. The number of rotatable bonds is 8. The molecular formula is C30H25FO5. The summed E-state index contributed by atoms with van der Waals surface area (Å²) in [7, 11) is 0. The smallest absolute Gasteiger partial charge is 0.310 e. The number of benzene rings is 3. The van der Waals surface area contributed by atoms with Crippen molar-refractivity contribution < 1.29 is 28.3 Å². The van der Waals surface area contributed by atoms with Gasteiger partial charge in [-0.15, -0.1) is 0 Å². The number of furan rings is 1. The Bertz CT molecular complexity index is 1520. The average molecular weight is 485 g/mol. The maximum Gasteiger partial charge on any atom is 0.310 e. The molecule has 4 aromatic rings. The van der Waals surface area contributed by atoms with Crippen LogP contribution in [0.3, 0.4) is 0 Å². The number of carbonyl (C=O) groups excluding carboxylic acids is 2. The van der Waals surface area contributed by atoms with Gasteiger partial charge in [-0.2, -0.15) is 0 Å². The van der Waals surface area contributed by atoms with Crippen molar-refractivity contribution in [3.05, 3.63) is 83.2 Å². The third-order valence-corrected chi connectivity index (χ3v) is 7.07. The number of carboxylic acid groups (broad SMARTS) is 1. The van der Waals surface area contributed by atoms with Gasteiger partial charge in [0.1, 0.15) is 17.2 Å². The van der Waals surface area contributed by atoms with Crippen LogP contribution in [0.5, 0.6) is 0 Å². The summed E-state index contributed by atoms with van der Waals surface area (Å²) in [5.74, 6) is -1.17. The van der Waals surface area contributed by atoms with Crippen molar-refractivity contribution in [2.24, 2.45) is 5.41 Å². The third-order valence-electron chi connectivity index (χ3n) is 7.07. The van der Waals surface area contributed by atoms with E-state index in [1.807, 2.05) is 25.1 Å². The highest BCUT2D eigenvalue weighted by Crippen LogP contribution is 2.49. The summed E-state index contributed by atoms with van der Waals surface area (Å²) in [5.41, 5.74) is 3.71. The number of hydrogen-bond donors (Lipinski definition) is 1. The van der Waals surface area contributed by atoms with E-state index in [9.17, 15) is 23.9 Å². The zero-order valence-electron chi connectivity index (χ0n) is 20.1. The van der Waals surface area contributed by atoms with E-state index < -0.39 is 11.4 Å². The molecule has 3 aromatic carbocycles. The second kappa shape index (κ2) is 8.86. The van der Waals surface area contributed by atoms with E-state index in [-0.39, 0.29) is 30.2 Å². The first-order valence-corrected chi connectivity index (χ1v) is 12.0. The minimum absolute atomic E-state index is 0.0121. The van der Waals surface area contributed by atoms with Crippen LogP contribution in [0.15, 0.2) is 65.1 Å². The number of hydrogen-bond acceptors (Lipinski definition) is 4. The number of fused-ring (bicyclic) bond motifs is 1. The molecule has 0 radical (unpaired) electrons. The van der Waals surface area contributed by atoms with Crippen LogP contribution in [-0.4, -0.2) is 22.6 Å². The summed E-state index contributed by atoms with van der Waals surface area (Å²) < 4.78 is 19.5. The third kappa shape index (κ3) is 4.13. The van der Waals surface area contributed by atoms with Crippen molar-refractivity contribution in [3.8, 4) is 22.5 Å². The van der Waals surface area contributed by atoms with Crippen LogP contribution in [0, 0.1) is 18.2 Å². The first-order chi connectivity index (χ1) is 17.2. The van der Waals surface area contributed by atoms with E-state index in [0.29, 0.717) is 46.3 Å². The van der Waals surface area contributed by atoms with Crippen LogP contribution in [0.2, 0.25) is 0 Å². The first kappa shape index (κ1) is 23.7. The predicted molar refractivity (Wildman–Crippen MR) is 135 cm³/mol. The lowest BCUT2D eigenvalue weighted by molar-refractivity contribution is -0.143. The largest absolute Gasteiger partial charge is 0.481 e. The zero-order chi connectivity index (χ0) is 25.6. The Hall–Kier alpha value is -4.06. The highest BCUT2D eigenvalue weighted by atomic mass is 19.1. The molecule has 36 heavy (non-hydrogen) atoms. The monoisotopic (exact) mass is 484 g/mol. The topological polar surface area (TPSA) is 84.6 Å². The molecule has 0 atom stereocenters. The number of halogens is 1. The number of carboxylic acids is 1. The summed E-state index contributed by atoms with van der Waals surface area (Å²) in [4.78, 5) is 37.4. The lowest BCUT2D eigenvalue weighted by Gasteiger charge is -2.12.